The fourth-order valence-corrected chi connectivity index (χ4v) is 4.41. The molecule has 1 aromatic heterocycles. The predicted molar refractivity (Wildman–Crippen MR) is 189 cm³/mol. The van der Waals surface area contributed by atoms with Gasteiger partial charge in [-0.3, -0.25) is 14.6 Å². The number of carbonyl (C=O) groups is 3. The van der Waals surface area contributed by atoms with Crippen molar-refractivity contribution in [3.05, 3.63) is 105 Å². The van der Waals surface area contributed by atoms with Crippen molar-refractivity contribution < 1.29 is 29.7 Å². The summed E-state index contributed by atoms with van der Waals surface area (Å²) in [6.45, 7) is 9.41. The zero-order valence-electron chi connectivity index (χ0n) is 26.4. The van der Waals surface area contributed by atoms with Crippen molar-refractivity contribution in [2.75, 3.05) is 5.32 Å². The molecule has 3 aromatic carbocycles. The second-order valence-electron chi connectivity index (χ2n) is 9.24. The number of carbonyl (C=O) groups excluding carboxylic acids is 1. The van der Waals surface area contributed by atoms with Gasteiger partial charge in [-0.25, -0.2) is 4.79 Å². The Hall–Kier alpha value is -3.95. The van der Waals surface area contributed by atoms with E-state index in [-0.39, 0.29) is 12.2 Å². The Labute approximate surface area is 284 Å². The quantitative estimate of drug-likeness (QED) is 0.121. The van der Waals surface area contributed by atoms with Crippen molar-refractivity contribution in [1.82, 2.24) is 4.98 Å². The highest BCUT2D eigenvalue weighted by molar-refractivity contribution is 6.35. The minimum Gasteiger partial charge on any atom is -0.481 e. The van der Waals surface area contributed by atoms with Gasteiger partial charge in [-0.2, -0.15) is 0 Å². The summed E-state index contributed by atoms with van der Waals surface area (Å²) in [7, 11) is 0. The Kier molecular flexibility index (Phi) is 17.6. The average molecular weight is 690 g/mol. The van der Waals surface area contributed by atoms with E-state index in [2.05, 4.69) is 10.3 Å². The Bertz CT molecular complexity index is 1630. The molecule has 46 heavy (non-hydrogen) atoms. The second kappa shape index (κ2) is 20.2. The van der Waals surface area contributed by atoms with E-state index in [4.69, 9.17) is 50.1 Å². The van der Waals surface area contributed by atoms with Crippen LogP contribution in [0, 0.1) is 0 Å². The molecule has 0 aliphatic heterocycles. The molecule has 8 nitrogen and oxygen atoms in total. The number of anilines is 2. The topological polar surface area (TPSA) is 137 Å². The molecule has 0 bridgehead atoms. The van der Waals surface area contributed by atoms with Gasteiger partial charge in [0.25, 0.3) is 0 Å². The number of nitrogens with zero attached hydrogens (tertiary/aromatic N) is 1. The maximum Gasteiger partial charge on any atom is 0.336 e. The van der Waals surface area contributed by atoms with Crippen molar-refractivity contribution in [2.45, 2.75) is 59.5 Å². The Morgan fingerprint density at radius 3 is 2.02 bits per heavy atom. The molecule has 1 atom stereocenters. The molecule has 246 valence electrons. The molecular weight excluding hydrogens is 651 g/mol. The second-order valence-corrected chi connectivity index (χ2v) is 10.5. The molecule has 0 saturated heterocycles. The molecule has 0 spiro atoms. The molecular formula is C35H39Cl3N2O6. The largest absolute Gasteiger partial charge is 0.481 e. The van der Waals surface area contributed by atoms with Gasteiger partial charge in [0, 0.05) is 44.4 Å². The molecule has 0 fully saturated rings. The van der Waals surface area contributed by atoms with Crippen LogP contribution in [0.1, 0.15) is 58.6 Å². The number of aliphatic carboxylic acids is 2. The van der Waals surface area contributed by atoms with Crippen molar-refractivity contribution in [2.24, 2.45) is 0 Å². The van der Waals surface area contributed by atoms with Crippen molar-refractivity contribution in [3.63, 3.8) is 0 Å². The molecule has 1 heterocycles. The molecule has 0 aliphatic rings. The summed E-state index contributed by atoms with van der Waals surface area (Å²) in [5.41, 5.74) is 2.24. The van der Waals surface area contributed by atoms with Crippen LogP contribution in [0.3, 0.4) is 0 Å². The Morgan fingerprint density at radius 2 is 1.48 bits per heavy atom. The van der Waals surface area contributed by atoms with Crippen LogP contribution in [0.2, 0.25) is 15.1 Å². The Balaban J connectivity index is 0.000000598. The third-order valence-corrected chi connectivity index (χ3v) is 6.95. The molecule has 4 aromatic rings. The predicted octanol–water partition coefficient (Wildman–Crippen LogP) is 9.50. The highest BCUT2D eigenvalue weighted by Crippen LogP contribution is 2.27. The van der Waals surface area contributed by atoms with Crippen molar-refractivity contribution in [3.8, 4) is 0 Å². The van der Waals surface area contributed by atoms with E-state index in [0.717, 1.165) is 33.4 Å². The minimum absolute atomic E-state index is 0.0104. The first-order valence-electron chi connectivity index (χ1n) is 14.6. The van der Waals surface area contributed by atoms with E-state index in [9.17, 15) is 14.4 Å². The minimum atomic E-state index is -2.12. The first-order chi connectivity index (χ1) is 21.9. The maximum absolute atomic E-state index is 12.3. The number of allylic oxidation sites excluding steroid dienone is 1. The Morgan fingerprint density at radius 1 is 0.870 bits per heavy atom. The van der Waals surface area contributed by atoms with Gasteiger partial charge < -0.3 is 20.6 Å². The van der Waals surface area contributed by atoms with Gasteiger partial charge in [0.05, 0.1) is 11.9 Å². The monoisotopic (exact) mass is 688 g/mol. The van der Waals surface area contributed by atoms with Crippen molar-refractivity contribution >= 4 is 80.9 Å². The summed E-state index contributed by atoms with van der Waals surface area (Å²) in [4.78, 5) is 37.0. The summed E-state index contributed by atoms with van der Waals surface area (Å²) >= 11 is 18.1. The maximum atomic E-state index is 12.3. The van der Waals surface area contributed by atoms with E-state index >= 15 is 0 Å². The van der Waals surface area contributed by atoms with Crippen LogP contribution >= 0.6 is 34.8 Å². The number of carboxylic acids is 2. The summed E-state index contributed by atoms with van der Waals surface area (Å²) < 4.78 is 0. The van der Waals surface area contributed by atoms with Crippen LogP contribution in [-0.2, 0) is 20.8 Å². The van der Waals surface area contributed by atoms with Crippen LogP contribution in [0.4, 0.5) is 11.4 Å². The number of hydrogen-bond acceptors (Lipinski definition) is 6. The third kappa shape index (κ3) is 12.8. The lowest BCUT2D eigenvalue weighted by atomic mass is 9.97. The number of pyridine rings is 1. The van der Waals surface area contributed by atoms with Crippen LogP contribution in [0.15, 0.2) is 79.0 Å². The van der Waals surface area contributed by atoms with Crippen LogP contribution in [-0.4, -0.2) is 43.6 Å². The number of aliphatic hydroxyl groups is 1. The summed E-state index contributed by atoms with van der Waals surface area (Å²) in [5, 5.41) is 31.8. The number of fused-ring (bicyclic) bond motifs is 1. The summed E-state index contributed by atoms with van der Waals surface area (Å²) in [6, 6.07) is 20.5. The number of rotatable bonds is 10. The van der Waals surface area contributed by atoms with E-state index in [1.165, 1.54) is 13.0 Å². The van der Waals surface area contributed by atoms with E-state index < -0.39 is 24.0 Å². The van der Waals surface area contributed by atoms with Crippen LogP contribution in [0.5, 0.6) is 0 Å². The van der Waals surface area contributed by atoms with E-state index in [1.54, 1.807) is 30.5 Å². The standard InChI is InChI=1S/C25H17Cl3N2O.C6H10O5.2C2H6/c26-18-5-3-17(23(28)14-18)4-9-21(31)13-16-1-7-20(8-2-16)30-24-11-12-29-25-15-19(27)6-10-22(24)25;1-2-6(11,5(9)10)3-4(7)8;2*1-2/h1-12,14-15H,13H2,(H,29,30);11H,2-3H2,1H3,(H,7,8)(H,9,10);2*1-2H3/b9-4+;;;. The molecule has 4 N–H and O–H groups in total. The molecule has 1 unspecified atom stereocenters. The van der Waals surface area contributed by atoms with Gasteiger partial charge >= 0.3 is 11.9 Å². The average Bonchev–Trinajstić information content (AvgIpc) is 3.03. The highest BCUT2D eigenvalue weighted by Gasteiger charge is 2.36. The molecule has 4 rings (SSSR count). The van der Waals surface area contributed by atoms with Gasteiger partial charge in [0.1, 0.15) is 0 Å². The van der Waals surface area contributed by atoms with Crippen LogP contribution in [0.25, 0.3) is 17.0 Å². The van der Waals surface area contributed by atoms with Crippen molar-refractivity contribution in [1.29, 1.82) is 0 Å². The van der Waals surface area contributed by atoms with Crippen LogP contribution < -0.4 is 5.32 Å². The first-order valence-corrected chi connectivity index (χ1v) is 15.8. The number of hydrogen-bond donors (Lipinski definition) is 4. The molecule has 0 amide bonds. The van der Waals surface area contributed by atoms with Gasteiger partial charge in [-0.15, -0.1) is 0 Å². The summed E-state index contributed by atoms with van der Waals surface area (Å²) in [5.74, 6) is -2.83. The lowest BCUT2D eigenvalue weighted by Crippen LogP contribution is -2.39. The number of ketones is 1. The number of nitrogens with one attached hydrogen (secondary N) is 1. The molecule has 0 aliphatic carbocycles. The normalized spacial score (nSPS) is 11.5. The number of aromatic nitrogens is 1. The lowest BCUT2D eigenvalue weighted by Gasteiger charge is -2.18. The molecule has 0 saturated carbocycles. The van der Waals surface area contributed by atoms with Gasteiger partial charge in [0.2, 0.25) is 0 Å². The zero-order valence-corrected chi connectivity index (χ0v) is 28.6. The fraction of sp³-hybridized carbons (Fsp3) is 0.257. The van der Waals surface area contributed by atoms with Gasteiger partial charge in [-0.05, 0) is 78.2 Å². The molecule has 0 radical (unpaired) electrons. The SMILES string of the molecule is CC.CC.CCC(O)(CC(=O)O)C(=O)O.O=C(/C=C/c1ccc(Cl)cc1Cl)Cc1ccc(Nc2ccnc3cc(Cl)ccc23)cc1. The van der Waals surface area contributed by atoms with E-state index in [0.29, 0.717) is 21.5 Å². The first kappa shape index (κ1) is 40.1. The zero-order chi connectivity index (χ0) is 34.9. The van der Waals surface area contributed by atoms with E-state index in [1.807, 2.05) is 76.2 Å². The third-order valence-electron chi connectivity index (χ3n) is 6.15. The smallest absolute Gasteiger partial charge is 0.336 e. The summed E-state index contributed by atoms with van der Waals surface area (Å²) in [6.07, 6.45) is 4.41. The lowest BCUT2D eigenvalue weighted by molar-refractivity contribution is -0.165. The number of halogens is 3. The fourth-order valence-electron chi connectivity index (χ4n) is 3.77. The van der Waals surface area contributed by atoms with Gasteiger partial charge in [0.15, 0.2) is 11.4 Å². The number of benzene rings is 3. The highest BCUT2D eigenvalue weighted by atomic mass is 35.5. The number of carboxylic acid groups (broad SMARTS) is 2. The molecule has 11 heteroatoms. The van der Waals surface area contributed by atoms with Gasteiger partial charge in [-0.1, -0.05) is 87.6 Å².